The molecule has 0 saturated carbocycles. The maximum Gasteiger partial charge on any atom is 0.106 e. The average Bonchev–Trinajstić information content (AvgIpc) is 2.80. The highest BCUT2D eigenvalue weighted by molar-refractivity contribution is 9.10. The first-order chi connectivity index (χ1) is 7.34. The summed E-state index contributed by atoms with van der Waals surface area (Å²) in [7, 11) is 0. The zero-order valence-corrected chi connectivity index (χ0v) is 10.00. The third kappa shape index (κ3) is 1.64. The smallest absolute Gasteiger partial charge is 0.106 e. The maximum absolute atomic E-state index is 4.29. The van der Waals surface area contributed by atoms with E-state index >= 15 is 0 Å². The van der Waals surface area contributed by atoms with Gasteiger partial charge in [0.25, 0.3) is 0 Å². The van der Waals surface area contributed by atoms with Crippen LogP contribution in [0.25, 0.3) is 5.57 Å². The number of halogens is 1. The second-order valence-electron chi connectivity index (χ2n) is 4.29. The molecule has 3 heteroatoms. The molecular weight excluding hydrogens is 252 g/mol. The molecule has 2 heterocycles. The normalized spacial score (nSPS) is 29.0. The van der Waals surface area contributed by atoms with Gasteiger partial charge in [-0.1, -0.05) is 12.1 Å². The zero-order valence-electron chi connectivity index (χ0n) is 8.41. The molecule has 2 aliphatic rings. The lowest BCUT2D eigenvalue weighted by molar-refractivity contribution is 0.542. The van der Waals surface area contributed by atoms with Crippen molar-refractivity contribution in [3.8, 4) is 0 Å². The Balaban J connectivity index is 1.91. The third-order valence-electron chi connectivity index (χ3n) is 3.44. The lowest BCUT2D eigenvalue weighted by Gasteiger charge is -2.13. The van der Waals surface area contributed by atoms with E-state index in [2.05, 4.69) is 38.4 Å². The molecule has 1 aromatic heterocycles. The first-order valence-corrected chi connectivity index (χ1v) is 6.16. The van der Waals surface area contributed by atoms with E-state index in [1.807, 2.05) is 12.3 Å². The van der Waals surface area contributed by atoms with Gasteiger partial charge in [0.05, 0.1) is 0 Å². The summed E-state index contributed by atoms with van der Waals surface area (Å²) in [6.45, 7) is 2.31. The largest absolute Gasteiger partial charge is 0.316 e. The van der Waals surface area contributed by atoms with E-state index in [-0.39, 0.29) is 0 Å². The molecule has 1 saturated heterocycles. The second-order valence-corrected chi connectivity index (χ2v) is 5.10. The summed E-state index contributed by atoms with van der Waals surface area (Å²) in [5.41, 5.74) is 2.78. The van der Waals surface area contributed by atoms with E-state index in [0.717, 1.165) is 17.1 Å². The summed E-state index contributed by atoms with van der Waals surface area (Å²) < 4.78 is 0.908. The van der Waals surface area contributed by atoms with Crippen molar-refractivity contribution in [2.24, 2.45) is 11.8 Å². The van der Waals surface area contributed by atoms with Crippen LogP contribution in [0.2, 0.25) is 0 Å². The molecule has 1 aromatic rings. The topological polar surface area (TPSA) is 24.9 Å². The highest BCUT2D eigenvalue weighted by Gasteiger charge is 2.33. The molecule has 78 valence electrons. The Bertz CT molecular complexity index is 397. The monoisotopic (exact) mass is 264 g/mol. The Morgan fingerprint density at radius 3 is 3.07 bits per heavy atom. The van der Waals surface area contributed by atoms with Gasteiger partial charge in [-0.2, -0.15) is 0 Å². The molecule has 1 N–H and O–H groups in total. The summed E-state index contributed by atoms with van der Waals surface area (Å²) in [4.78, 5) is 4.29. The van der Waals surface area contributed by atoms with Gasteiger partial charge in [0.1, 0.15) is 4.60 Å². The van der Waals surface area contributed by atoms with Crippen molar-refractivity contribution in [1.82, 2.24) is 10.3 Å². The van der Waals surface area contributed by atoms with Crippen LogP contribution in [0, 0.1) is 11.8 Å². The van der Waals surface area contributed by atoms with Crippen LogP contribution in [0.3, 0.4) is 0 Å². The Morgan fingerprint density at radius 2 is 2.27 bits per heavy atom. The van der Waals surface area contributed by atoms with Crippen molar-refractivity contribution < 1.29 is 0 Å². The van der Waals surface area contributed by atoms with Crippen LogP contribution < -0.4 is 5.32 Å². The van der Waals surface area contributed by atoms with Gasteiger partial charge in [-0.3, -0.25) is 0 Å². The lowest BCUT2D eigenvalue weighted by Crippen LogP contribution is -2.09. The molecule has 0 spiro atoms. The van der Waals surface area contributed by atoms with Gasteiger partial charge in [0.2, 0.25) is 0 Å². The molecule has 0 radical (unpaired) electrons. The number of pyridine rings is 1. The van der Waals surface area contributed by atoms with Crippen molar-refractivity contribution in [3.05, 3.63) is 34.6 Å². The summed E-state index contributed by atoms with van der Waals surface area (Å²) in [5, 5.41) is 3.46. The fraction of sp³-hybridized carbons (Fsp3) is 0.417. The van der Waals surface area contributed by atoms with Gasteiger partial charge >= 0.3 is 0 Å². The van der Waals surface area contributed by atoms with Crippen LogP contribution in [0.1, 0.15) is 12.0 Å². The van der Waals surface area contributed by atoms with E-state index in [1.54, 1.807) is 0 Å². The molecule has 15 heavy (non-hydrogen) atoms. The summed E-state index contributed by atoms with van der Waals surface area (Å²) in [5.74, 6) is 1.54. The van der Waals surface area contributed by atoms with E-state index in [4.69, 9.17) is 0 Å². The number of aromatic nitrogens is 1. The quantitative estimate of drug-likeness (QED) is 0.789. The number of fused-ring (bicyclic) bond motifs is 1. The van der Waals surface area contributed by atoms with Crippen molar-refractivity contribution in [3.63, 3.8) is 0 Å². The molecule has 2 nitrogen and oxygen atoms in total. The number of hydrogen-bond donors (Lipinski definition) is 1. The molecule has 1 fully saturated rings. The van der Waals surface area contributed by atoms with Gasteiger partial charge in [0.15, 0.2) is 0 Å². The van der Waals surface area contributed by atoms with E-state index in [0.29, 0.717) is 5.92 Å². The minimum atomic E-state index is 0.716. The first kappa shape index (κ1) is 9.55. The van der Waals surface area contributed by atoms with Crippen molar-refractivity contribution >= 4 is 21.5 Å². The Hall–Kier alpha value is -0.670. The molecule has 3 rings (SSSR count). The van der Waals surface area contributed by atoms with Crippen molar-refractivity contribution in [2.75, 3.05) is 13.1 Å². The molecule has 2 atom stereocenters. The van der Waals surface area contributed by atoms with E-state index in [9.17, 15) is 0 Å². The molecule has 1 aliphatic heterocycles. The molecule has 0 bridgehead atoms. The number of nitrogens with one attached hydrogen (secondary N) is 1. The molecular formula is C12H13BrN2. The van der Waals surface area contributed by atoms with Crippen molar-refractivity contribution in [1.29, 1.82) is 0 Å². The van der Waals surface area contributed by atoms with Gasteiger partial charge in [-0.15, -0.1) is 0 Å². The highest BCUT2D eigenvalue weighted by atomic mass is 79.9. The zero-order chi connectivity index (χ0) is 10.3. The van der Waals surface area contributed by atoms with Crippen LogP contribution in [0.15, 0.2) is 29.0 Å². The fourth-order valence-electron chi connectivity index (χ4n) is 2.65. The molecule has 2 unspecified atom stereocenters. The van der Waals surface area contributed by atoms with Crippen LogP contribution in [0.4, 0.5) is 0 Å². The predicted octanol–water partition coefficient (Wildman–Crippen LogP) is 2.47. The predicted molar refractivity (Wildman–Crippen MR) is 64.4 cm³/mol. The molecule has 0 amide bonds. The Morgan fingerprint density at radius 1 is 1.33 bits per heavy atom. The Labute approximate surface area is 97.9 Å². The SMILES string of the molecule is Brc1ccc(C2=CCC3CNCC23)cn1. The number of rotatable bonds is 1. The number of nitrogens with zero attached hydrogens (tertiary/aromatic N) is 1. The minimum Gasteiger partial charge on any atom is -0.316 e. The van der Waals surface area contributed by atoms with Crippen LogP contribution in [0.5, 0.6) is 0 Å². The maximum atomic E-state index is 4.29. The standard InChI is InChI=1S/C12H13BrN2/c13-12-4-2-9(6-15-12)10-3-1-8-5-14-7-11(8)10/h2-4,6,8,11,14H,1,5,7H2. The van der Waals surface area contributed by atoms with Crippen LogP contribution in [-0.2, 0) is 0 Å². The molecule has 0 aromatic carbocycles. The average molecular weight is 265 g/mol. The third-order valence-corrected chi connectivity index (χ3v) is 3.91. The van der Waals surface area contributed by atoms with Gasteiger partial charge < -0.3 is 5.32 Å². The number of hydrogen-bond acceptors (Lipinski definition) is 2. The molecule has 1 aliphatic carbocycles. The van der Waals surface area contributed by atoms with Gasteiger partial charge in [-0.25, -0.2) is 4.98 Å². The highest BCUT2D eigenvalue weighted by Crippen LogP contribution is 2.39. The first-order valence-electron chi connectivity index (χ1n) is 5.37. The minimum absolute atomic E-state index is 0.716. The summed E-state index contributed by atoms with van der Waals surface area (Å²) >= 11 is 3.37. The van der Waals surface area contributed by atoms with Gasteiger partial charge in [0, 0.05) is 18.7 Å². The van der Waals surface area contributed by atoms with Crippen LogP contribution >= 0.6 is 15.9 Å². The second kappa shape index (κ2) is 3.72. The van der Waals surface area contributed by atoms with Crippen molar-refractivity contribution in [2.45, 2.75) is 6.42 Å². The van der Waals surface area contributed by atoms with E-state index < -0.39 is 0 Å². The van der Waals surface area contributed by atoms with Gasteiger partial charge in [-0.05, 0) is 52.0 Å². The fourth-order valence-corrected chi connectivity index (χ4v) is 2.89. The Kier molecular flexibility index (Phi) is 2.37. The number of allylic oxidation sites excluding steroid dienone is 1. The van der Waals surface area contributed by atoms with E-state index in [1.165, 1.54) is 24.1 Å². The lowest BCUT2D eigenvalue weighted by atomic mass is 9.91. The summed E-state index contributed by atoms with van der Waals surface area (Å²) in [6, 6.07) is 4.18. The van der Waals surface area contributed by atoms with Crippen LogP contribution in [-0.4, -0.2) is 18.1 Å². The summed E-state index contributed by atoms with van der Waals surface area (Å²) in [6.07, 6.45) is 5.58.